The molecule has 1 aromatic rings. The summed E-state index contributed by atoms with van der Waals surface area (Å²) in [6, 6.07) is 3.83. The Kier molecular flexibility index (Phi) is 1.41. The normalized spacial score (nSPS) is 14.2. The Morgan fingerprint density at radius 2 is 2.42 bits per heavy atom. The van der Waals surface area contributed by atoms with E-state index in [1.165, 1.54) is 25.3 Å². The number of carbonyl (C=O) groups is 1. The van der Waals surface area contributed by atoms with Gasteiger partial charge in [0.15, 0.2) is 5.78 Å². The second-order valence-corrected chi connectivity index (χ2v) is 2.21. The van der Waals surface area contributed by atoms with Crippen molar-refractivity contribution < 1.29 is 18.8 Å². The highest BCUT2D eigenvalue weighted by Crippen LogP contribution is 2.23. The molecule has 0 fully saturated rings. The van der Waals surface area contributed by atoms with Gasteiger partial charge in [-0.05, 0) is 19.0 Å². The minimum Gasteiger partial charge on any atom is -0.507 e. The zero-order chi connectivity index (χ0) is 11.6. The van der Waals surface area contributed by atoms with Crippen LogP contribution in [0.3, 0.4) is 0 Å². The minimum atomic E-state index is -2.74. The van der Waals surface area contributed by atoms with Gasteiger partial charge in [-0.1, -0.05) is 0 Å². The molecule has 0 saturated heterocycles. The molecule has 0 aliphatic rings. The lowest BCUT2D eigenvalue weighted by Gasteiger charge is -2.02. The number of hydrogen-bond acceptors (Lipinski definition) is 3. The lowest BCUT2D eigenvalue weighted by Crippen LogP contribution is -1.92. The molecule has 1 N–H and O–H groups in total. The highest BCUT2D eigenvalue weighted by atomic mass is 16.5. The molecular formula is C9H10O3. The number of Topliss-reactive ketones (excluding diaryl/α,β-unsaturated/α-hetero) is 1. The number of benzene rings is 1. The Hall–Kier alpha value is -1.51. The first-order chi connectivity index (χ1) is 6.86. The van der Waals surface area contributed by atoms with Crippen LogP contribution in [0.1, 0.15) is 21.3 Å². The quantitative estimate of drug-likeness (QED) is 0.684. The van der Waals surface area contributed by atoms with Crippen molar-refractivity contribution >= 4 is 5.78 Å². The van der Waals surface area contributed by atoms with Crippen LogP contribution in [-0.2, 0) is 0 Å². The molecule has 1 rings (SSSR count). The van der Waals surface area contributed by atoms with E-state index >= 15 is 0 Å². The molecule has 3 heteroatoms. The second kappa shape index (κ2) is 3.26. The minimum absolute atomic E-state index is 0.226. The molecule has 0 atom stereocenters. The van der Waals surface area contributed by atoms with Crippen LogP contribution in [0, 0.1) is 0 Å². The van der Waals surface area contributed by atoms with E-state index in [9.17, 15) is 9.90 Å². The first-order valence-electron chi connectivity index (χ1n) is 4.78. The summed E-state index contributed by atoms with van der Waals surface area (Å²) >= 11 is 0. The number of ketones is 1. The standard InChI is InChI=1S/C9H10O3/c1-6(10)8-4-3-7(12-2)5-9(8)11/h3-5,11H,1-2H3/i1D3. The molecule has 0 radical (unpaired) electrons. The molecule has 12 heavy (non-hydrogen) atoms. The highest BCUT2D eigenvalue weighted by Gasteiger charge is 2.06. The third kappa shape index (κ3) is 1.56. The van der Waals surface area contributed by atoms with E-state index in [0.29, 0.717) is 5.75 Å². The van der Waals surface area contributed by atoms with Gasteiger partial charge in [-0.2, -0.15) is 0 Å². The predicted molar refractivity (Wildman–Crippen MR) is 44.7 cm³/mol. The SMILES string of the molecule is [2H]C([2H])([2H])C(=O)c1ccc(OC)cc1O. The fraction of sp³-hybridized carbons (Fsp3) is 0.222. The van der Waals surface area contributed by atoms with Gasteiger partial charge in [0.05, 0.1) is 12.7 Å². The third-order valence-corrected chi connectivity index (χ3v) is 1.45. The molecule has 0 heterocycles. The van der Waals surface area contributed by atoms with E-state index in [1.807, 2.05) is 0 Å². The van der Waals surface area contributed by atoms with Gasteiger partial charge >= 0.3 is 0 Å². The van der Waals surface area contributed by atoms with E-state index in [2.05, 4.69) is 0 Å². The van der Waals surface area contributed by atoms with Crippen LogP contribution in [0.15, 0.2) is 18.2 Å². The van der Waals surface area contributed by atoms with E-state index in [1.54, 1.807) is 0 Å². The molecule has 3 nitrogen and oxygen atoms in total. The van der Waals surface area contributed by atoms with Crippen molar-refractivity contribution in [1.82, 2.24) is 0 Å². The third-order valence-electron chi connectivity index (χ3n) is 1.45. The van der Waals surface area contributed by atoms with Crippen molar-refractivity contribution in [3.05, 3.63) is 23.8 Å². The summed E-state index contributed by atoms with van der Waals surface area (Å²) in [5, 5.41) is 9.41. The Morgan fingerprint density at radius 3 is 2.92 bits per heavy atom. The maximum atomic E-state index is 11.3. The average molecular weight is 169 g/mol. The lowest BCUT2D eigenvalue weighted by molar-refractivity contribution is 0.101. The van der Waals surface area contributed by atoms with Crippen LogP contribution in [0.2, 0.25) is 0 Å². The summed E-state index contributed by atoms with van der Waals surface area (Å²) in [5.74, 6) is -1.12. The van der Waals surface area contributed by atoms with Gasteiger partial charge in [0.2, 0.25) is 0 Å². The highest BCUT2D eigenvalue weighted by molar-refractivity contribution is 5.96. The first kappa shape index (κ1) is 5.19. The summed E-state index contributed by atoms with van der Waals surface area (Å²) in [7, 11) is 1.40. The second-order valence-electron chi connectivity index (χ2n) is 2.21. The summed E-state index contributed by atoms with van der Waals surface area (Å²) in [6.07, 6.45) is 0. The van der Waals surface area contributed by atoms with Crippen molar-refractivity contribution in [3.8, 4) is 11.5 Å². The van der Waals surface area contributed by atoms with Crippen molar-refractivity contribution in [2.45, 2.75) is 6.85 Å². The van der Waals surface area contributed by atoms with Crippen molar-refractivity contribution in [2.24, 2.45) is 0 Å². The number of phenolic OH excluding ortho intramolecular Hbond substituents is 1. The van der Waals surface area contributed by atoms with Crippen LogP contribution in [0.25, 0.3) is 0 Å². The number of rotatable bonds is 2. The number of methoxy groups -OCH3 is 1. The fourth-order valence-electron chi connectivity index (χ4n) is 0.830. The topological polar surface area (TPSA) is 46.5 Å². The molecule has 64 valence electrons. The van der Waals surface area contributed by atoms with Crippen LogP contribution in [-0.4, -0.2) is 18.0 Å². The Labute approximate surface area is 74.8 Å². The Balaban J connectivity index is 3.12. The molecule has 0 bridgehead atoms. The van der Waals surface area contributed by atoms with E-state index in [4.69, 9.17) is 8.85 Å². The van der Waals surface area contributed by atoms with E-state index < -0.39 is 18.4 Å². The number of ether oxygens (including phenoxy) is 1. The molecular weight excluding hydrogens is 156 g/mol. The Bertz CT molecular complexity index is 385. The lowest BCUT2D eigenvalue weighted by atomic mass is 10.1. The maximum Gasteiger partial charge on any atom is 0.163 e. The van der Waals surface area contributed by atoms with Gasteiger partial charge < -0.3 is 9.84 Å². The van der Waals surface area contributed by atoms with Gasteiger partial charge in [0.1, 0.15) is 11.5 Å². The molecule has 0 aliphatic heterocycles. The monoisotopic (exact) mass is 169 g/mol. The van der Waals surface area contributed by atoms with Crippen molar-refractivity contribution in [3.63, 3.8) is 0 Å². The zero-order valence-electron chi connectivity index (χ0n) is 9.50. The fourth-order valence-corrected chi connectivity index (χ4v) is 0.830. The van der Waals surface area contributed by atoms with Crippen molar-refractivity contribution in [1.29, 1.82) is 0 Å². The average Bonchev–Trinajstić information content (AvgIpc) is 2.15. The summed E-state index contributed by atoms with van der Waals surface area (Å²) < 4.78 is 25.5. The molecule has 0 saturated carbocycles. The molecule has 0 aliphatic carbocycles. The van der Waals surface area contributed by atoms with E-state index in [0.717, 1.165) is 0 Å². The first-order valence-corrected chi connectivity index (χ1v) is 3.28. The van der Waals surface area contributed by atoms with E-state index in [-0.39, 0.29) is 5.56 Å². The molecule has 0 unspecified atom stereocenters. The predicted octanol–water partition coefficient (Wildman–Crippen LogP) is 1.60. The van der Waals surface area contributed by atoms with Gasteiger partial charge in [0, 0.05) is 10.2 Å². The Morgan fingerprint density at radius 1 is 1.67 bits per heavy atom. The van der Waals surface area contributed by atoms with Crippen LogP contribution in [0.4, 0.5) is 0 Å². The molecule has 1 aromatic carbocycles. The summed E-state index contributed by atoms with van der Waals surface area (Å²) in [6.45, 7) is -2.74. The number of phenols is 1. The van der Waals surface area contributed by atoms with Crippen LogP contribution in [0.5, 0.6) is 11.5 Å². The van der Waals surface area contributed by atoms with Crippen molar-refractivity contribution in [2.75, 3.05) is 7.11 Å². The largest absolute Gasteiger partial charge is 0.507 e. The van der Waals surface area contributed by atoms with Gasteiger partial charge in [-0.15, -0.1) is 0 Å². The van der Waals surface area contributed by atoms with Crippen LogP contribution < -0.4 is 4.74 Å². The van der Waals surface area contributed by atoms with Gasteiger partial charge in [0.25, 0.3) is 0 Å². The van der Waals surface area contributed by atoms with Gasteiger partial charge in [-0.3, -0.25) is 4.79 Å². The zero-order valence-corrected chi connectivity index (χ0v) is 6.50. The number of aromatic hydroxyl groups is 1. The number of hydrogen-bond donors (Lipinski definition) is 1. The summed E-state index contributed by atoms with van der Waals surface area (Å²) in [4.78, 5) is 11.3. The molecule has 0 amide bonds. The van der Waals surface area contributed by atoms with Crippen LogP contribution >= 0.6 is 0 Å². The maximum absolute atomic E-state index is 11.3. The summed E-state index contributed by atoms with van der Waals surface area (Å²) in [5.41, 5.74) is -0.226. The number of carbonyl (C=O) groups excluding carboxylic acids is 1. The van der Waals surface area contributed by atoms with Gasteiger partial charge in [-0.25, -0.2) is 0 Å². The molecule has 0 spiro atoms. The molecule has 0 aromatic heterocycles. The smallest absolute Gasteiger partial charge is 0.163 e.